The third kappa shape index (κ3) is 4.46. The third-order valence-electron chi connectivity index (χ3n) is 5.38. The van der Waals surface area contributed by atoms with Crippen molar-refractivity contribution in [3.8, 4) is 0 Å². The molecule has 1 aliphatic rings. The molecule has 0 bridgehead atoms. The number of alkyl halides is 1. The SMILES string of the molecule is Cc1cn([C@H]2C[C@H](F)[C@@H](COCc3ccccc3)O2)c(=O)n(C(=O)c2ccccc2)c1=O. The zero-order valence-electron chi connectivity index (χ0n) is 17.5. The lowest BCUT2D eigenvalue weighted by atomic mass is 10.2. The minimum Gasteiger partial charge on any atom is -0.374 e. The highest BCUT2D eigenvalue weighted by Gasteiger charge is 2.37. The lowest BCUT2D eigenvalue weighted by molar-refractivity contribution is -0.0575. The van der Waals surface area contributed by atoms with Crippen molar-refractivity contribution in [1.29, 1.82) is 0 Å². The van der Waals surface area contributed by atoms with Gasteiger partial charge < -0.3 is 9.47 Å². The summed E-state index contributed by atoms with van der Waals surface area (Å²) in [4.78, 5) is 38.4. The molecule has 1 saturated heterocycles. The van der Waals surface area contributed by atoms with E-state index < -0.39 is 35.7 Å². The second-order valence-corrected chi connectivity index (χ2v) is 7.70. The van der Waals surface area contributed by atoms with Crippen molar-refractivity contribution in [2.45, 2.75) is 38.5 Å². The van der Waals surface area contributed by atoms with Crippen molar-refractivity contribution in [2.24, 2.45) is 0 Å². The Morgan fingerprint density at radius 2 is 1.75 bits per heavy atom. The number of hydrogen-bond donors (Lipinski definition) is 0. The van der Waals surface area contributed by atoms with Crippen molar-refractivity contribution in [2.75, 3.05) is 6.61 Å². The molecule has 1 fully saturated rings. The van der Waals surface area contributed by atoms with E-state index in [0.29, 0.717) is 11.2 Å². The predicted octanol–water partition coefficient (Wildman–Crippen LogP) is 2.85. The molecule has 3 aromatic rings. The minimum absolute atomic E-state index is 0.0167. The van der Waals surface area contributed by atoms with Gasteiger partial charge in [-0.1, -0.05) is 48.5 Å². The summed E-state index contributed by atoms with van der Waals surface area (Å²) in [6.45, 7) is 1.83. The summed E-state index contributed by atoms with van der Waals surface area (Å²) >= 11 is 0. The Kier molecular flexibility index (Phi) is 6.43. The van der Waals surface area contributed by atoms with Gasteiger partial charge in [0.2, 0.25) is 0 Å². The molecular weight excluding hydrogens is 415 g/mol. The molecule has 0 amide bonds. The zero-order valence-corrected chi connectivity index (χ0v) is 17.5. The lowest BCUT2D eigenvalue weighted by Gasteiger charge is -2.18. The summed E-state index contributed by atoms with van der Waals surface area (Å²) in [5.74, 6) is -0.740. The number of benzene rings is 2. The van der Waals surface area contributed by atoms with Crippen molar-refractivity contribution in [3.63, 3.8) is 0 Å². The van der Waals surface area contributed by atoms with E-state index in [0.717, 1.165) is 10.1 Å². The van der Waals surface area contributed by atoms with Gasteiger partial charge in [-0.3, -0.25) is 14.2 Å². The first-order chi connectivity index (χ1) is 15.5. The molecule has 1 aliphatic heterocycles. The fourth-order valence-corrected chi connectivity index (χ4v) is 3.67. The van der Waals surface area contributed by atoms with Gasteiger partial charge in [-0.2, -0.15) is 4.57 Å². The van der Waals surface area contributed by atoms with E-state index in [4.69, 9.17) is 9.47 Å². The molecule has 0 radical (unpaired) electrons. The summed E-state index contributed by atoms with van der Waals surface area (Å²) in [5, 5.41) is 0. The fourth-order valence-electron chi connectivity index (χ4n) is 3.67. The molecule has 0 saturated carbocycles. The molecule has 7 nitrogen and oxygen atoms in total. The number of hydrogen-bond acceptors (Lipinski definition) is 5. The maximum atomic E-state index is 14.6. The second-order valence-electron chi connectivity index (χ2n) is 7.70. The summed E-state index contributed by atoms with van der Waals surface area (Å²) < 4.78 is 27.7. The van der Waals surface area contributed by atoms with Crippen LogP contribution in [0, 0.1) is 6.92 Å². The Hall–Kier alpha value is -3.36. The van der Waals surface area contributed by atoms with Crippen LogP contribution in [0.1, 0.15) is 34.1 Å². The van der Waals surface area contributed by atoms with Crippen molar-refractivity contribution >= 4 is 5.91 Å². The first kappa shape index (κ1) is 21.9. The van der Waals surface area contributed by atoms with E-state index >= 15 is 0 Å². The van der Waals surface area contributed by atoms with Crippen LogP contribution in [-0.4, -0.2) is 33.9 Å². The lowest BCUT2D eigenvalue weighted by Crippen LogP contribution is -2.45. The molecule has 4 rings (SSSR count). The average Bonchev–Trinajstić information content (AvgIpc) is 3.17. The minimum atomic E-state index is -1.35. The van der Waals surface area contributed by atoms with E-state index in [2.05, 4.69) is 0 Å². The molecule has 8 heteroatoms. The maximum absolute atomic E-state index is 14.6. The summed E-state index contributed by atoms with van der Waals surface area (Å²) in [6, 6.07) is 17.5. The molecule has 0 aliphatic carbocycles. The summed E-state index contributed by atoms with van der Waals surface area (Å²) in [6.07, 6.45) is -1.94. The Morgan fingerprint density at radius 3 is 2.44 bits per heavy atom. The molecule has 0 N–H and O–H groups in total. The number of carbonyl (C=O) groups excluding carboxylic acids is 1. The number of halogens is 1. The van der Waals surface area contributed by atoms with Gasteiger partial charge in [-0.05, 0) is 24.6 Å². The first-order valence-corrected chi connectivity index (χ1v) is 10.3. The average molecular weight is 438 g/mol. The van der Waals surface area contributed by atoms with Crippen molar-refractivity contribution < 1.29 is 18.7 Å². The largest absolute Gasteiger partial charge is 0.374 e. The standard InChI is InChI=1S/C24H23FN2O5/c1-16-13-26(24(30)27(22(16)28)23(29)18-10-6-3-7-11-18)21-12-19(25)20(32-21)15-31-14-17-8-4-2-5-9-17/h2-11,13,19-21H,12,14-15H2,1H3/t19-,20+,21+/m0/s1. The van der Waals surface area contributed by atoms with Gasteiger partial charge in [-0.25, -0.2) is 9.18 Å². The maximum Gasteiger partial charge on any atom is 0.340 e. The van der Waals surface area contributed by atoms with Gasteiger partial charge in [0.1, 0.15) is 18.5 Å². The normalized spacial score (nSPS) is 20.4. The van der Waals surface area contributed by atoms with E-state index in [1.165, 1.54) is 25.3 Å². The second kappa shape index (κ2) is 9.42. The first-order valence-electron chi connectivity index (χ1n) is 10.3. The van der Waals surface area contributed by atoms with E-state index in [-0.39, 0.29) is 24.2 Å². The molecule has 1 aromatic heterocycles. The number of aromatic nitrogens is 2. The molecule has 3 atom stereocenters. The number of nitrogens with zero attached hydrogens (tertiary/aromatic N) is 2. The molecule has 2 heterocycles. The zero-order chi connectivity index (χ0) is 22.7. The third-order valence-corrected chi connectivity index (χ3v) is 5.38. The van der Waals surface area contributed by atoms with Gasteiger partial charge in [0.15, 0.2) is 0 Å². The fraction of sp³-hybridized carbons (Fsp3) is 0.292. The van der Waals surface area contributed by atoms with Crippen LogP contribution in [0.25, 0.3) is 0 Å². The van der Waals surface area contributed by atoms with Gasteiger partial charge in [0.25, 0.3) is 11.5 Å². The van der Waals surface area contributed by atoms with Crippen LogP contribution in [0.15, 0.2) is 76.4 Å². The number of rotatable bonds is 6. The quantitative estimate of drug-likeness (QED) is 0.591. The predicted molar refractivity (Wildman–Crippen MR) is 115 cm³/mol. The van der Waals surface area contributed by atoms with Crippen LogP contribution in [0.2, 0.25) is 0 Å². The van der Waals surface area contributed by atoms with Gasteiger partial charge in [0.05, 0.1) is 13.2 Å². The van der Waals surface area contributed by atoms with Crippen molar-refractivity contribution in [3.05, 3.63) is 104 Å². The monoisotopic (exact) mass is 438 g/mol. The molecule has 166 valence electrons. The van der Waals surface area contributed by atoms with E-state index in [1.807, 2.05) is 30.3 Å². The Balaban J connectivity index is 1.53. The highest BCUT2D eigenvalue weighted by molar-refractivity contribution is 5.95. The smallest absolute Gasteiger partial charge is 0.340 e. The summed E-state index contributed by atoms with van der Waals surface area (Å²) in [7, 11) is 0. The van der Waals surface area contributed by atoms with Gasteiger partial charge in [-0.15, -0.1) is 0 Å². The van der Waals surface area contributed by atoms with Crippen LogP contribution in [0.4, 0.5) is 4.39 Å². The Morgan fingerprint density at radius 1 is 1.09 bits per heavy atom. The van der Waals surface area contributed by atoms with Gasteiger partial charge in [0, 0.05) is 23.7 Å². The van der Waals surface area contributed by atoms with Crippen LogP contribution in [0.3, 0.4) is 0 Å². The molecule has 2 aromatic carbocycles. The number of carbonyl (C=O) groups is 1. The highest BCUT2D eigenvalue weighted by Crippen LogP contribution is 2.30. The van der Waals surface area contributed by atoms with E-state index in [9.17, 15) is 18.8 Å². The molecule has 0 spiro atoms. The Bertz CT molecular complexity index is 1210. The van der Waals surface area contributed by atoms with Crippen LogP contribution in [-0.2, 0) is 16.1 Å². The Labute approximate surface area is 183 Å². The molecular formula is C24H23FN2O5. The van der Waals surface area contributed by atoms with Crippen LogP contribution in [0.5, 0.6) is 0 Å². The van der Waals surface area contributed by atoms with Crippen LogP contribution < -0.4 is 11.2 Å². The van der Waals surface area contributed by atoms with Crippen molar-refractivity contribution in [1.82, 2.24) is 9.13 Å². The summed E-state index contributed by atoms with van der Waals surface area (Å²) in [5.41, 5.74) is -0.241. The number of aryl methyl sites for hydroxylation is 1. The van der Waals surface area contributed by atoms with Gasteiger partial charge >= 0.3 is 5.69 Å². The topological polar surface area (TPSA) is 79.5 Å². The number of ether oxygens (including phenoxy) is 2. The van der Waals surface area contributed by atoms with E-state index in [1.54, 1.807) is 18.2 Å². The molecule has 32 heavy (non-hydrogen) atoms. The molecule has 0 unspecified atom stereocenters. The van der Waals surface area contributed by atoms with Crippen LogP contribution >= 0.6 is 0 Å². The highest BCUT2D eigenvalue weighted by atomic mass is 19.1.